The van der Waals surface area contributed by atoms with Crippen LogP contribution >= 0.6 is 0 Å². The van der Waals surface area contributed by atoms with Crippen LogP contribution in [0.4, 0.5) is 0 Å². The van der Waals surface area contributed by atoms with Gasteiger partial charge in [0.25, 0.3) is 0 Å². The van der Waals surface area contributed by atoms with E-state index in [0.29, 0.717) is 18.5 Å². The van der Waals surface area contributed by atoms with Gasteiger partial charge in [-0.25, -0.2) is 4.68 Å². The maximum atomic E-state index is 5.66. The minimum absolute atomic E-state index is 0.296. The van der Waals surface area contributed by atoms with Gasteiger partial charge in [-0.1, -0.05) is 19.1 Å². The molecule has 0 aliphatic heterocycles. The van der Waals surface area contributed by atoms with Crippen molar-refractivity contribution < 1.29 is 4.74 Å². The molecule has 0 aliphatic carbocycles. The van der Waals surface area contributed by atoms with Gasteiger partial charge in [0.05, 0.1) is 17.4 Å². The van der Waals surface area contributed by atoms with Crippen LogP contribution < -0.4 is 5.73 Å². The molecule has 0 amide bonds. The molecular weight excluding hydrogens is 204 g/mol. The third-order valence-corrected chi connectivity index (χ3v) is 2.70. The van der Waals surface area contributed by atoms with Gasteiger partial charge in [-0.2, -0.15) is 0 Å². The van der Waals surface area contributed by atoms with Crippen LogP contribution in [0.2, 0.25) is 0 Å². The third kappa shape index (κ3) is 2.80. The van der Waals surface area contributed by atoms with Crippen molar-refractivity contribution in [1.29, 1.82) is 0 Å². The molecule has 5 nitrogen and oxygen atoms in total. The first-order chi connectivity index (χ1) is 7.61. The van der Waals surface area contributed by atoms with Crippen LogP contribution in [0, 0.1) is 0 Å². The largest absolute Gasteiger partial charge is 0.385 e. The van der Waals surface area contributed by atoms with E-state index in [1.54, 1.807) is 7.11 Å². The maximum absolute atomic E-state index is 5.66. The zero-order chi connectivity index (χ0) is 12.1. The number of hydrogen-bond donors (Lipinski definition) is 1. The molecule has 0 saturated heterocycles. The van der Waals surface area contributed by atoms with Crippen molar-refractivity contribution in [2.24, 2.45) is 5.73 Å². The van der Waals surface area contributed by atoms with E-state index in [1.165, 1.54) is 0 Å². The van der Waals surface area contributed by atoms with Crippen LogP contribution in [-0.2, 0) is 11.3 Å². The normalized spacial score (nSPS) is 13.4. The van der Waals surface area contributed by atoms with Crippen LogP contribution in [0.3, 0.4) is 0 Å². The fourth-order valence-electron chi connectivity index (χ4n) is 1.81. The van der Waals surface area contributed by atoms with Crippen molar-refractivity contribution in [2.45, 2.75) is 45.7 Å². The molecule has 0 bridgehead atoms. The topological polar surface area (TPSA) is 66.0 Å². The molecule has 0 saturated carbocycles. The highest BCUT2D eigenvalue weighted by Gasteiger charge is 2.18. The first-order valence-electron chi connectivity index (χ1n) is 5.74. The third-order valence-electron chi connectivity index (χ3n) is 2.70. The highest BCUT2D eigenvalue weighted by Crippen LogP contribution is 2.22. The lowest BCUT2D eigenvalue weighted by Crippen LogP contribution is -2.15. The van der Waals surface area contributed by atoms with Crippen LogP contribution in [0.1, 0.15) is 50.5 Å². The minimum Gasteiger partial charge on any atom is -0.385 e. The number of rotatable bonds is 6. The Bertz CT molecular complexity index is 322. The van der Waals surface area contributed by atoms with E-state index in [-0.39, 0.29) is 0 Å². The van der Waals surface area contributed by atoms with E-state index in [1.807, 2.05) is 4.68 Å². The molecule has 1 heterocycles. The molecule has 92 valence electrons. The Labute approximate surface area is 97.0 Å². The Morgan fingerprint density at radius 2 is 2.06 bits per heavy atom. The van der Waals surface area contributed by atoms with Crippen molar-refractivity contribution in [1.82, 2.24) is 15.0 Å². The second kappa shape index (κ2) is 5.96. The van der Waals surface area contributed by atoms with E-state index in [0.717, 1.165) is 24.4 Å². The van der Waals surface area contributed by atoms with Crippen molar-refractivity contribution >= 4 is 0 Å². The van der Waals surface area contributed by atoms with E-state index < -0.39 is 0 Å². The molecule has 16 heavy (non-hydrogen) atoms. The van der Waals surface area contributed by atoms with Crippen molar-refractivity contribution in [3.63, 3.8) is 0 Å². The molecule has 1 aromatic rings. The quantitative estimate of drug-likeness (QED) is 0.797. The van der Waals surface area contributed by atoms with Gasteiger partial charge in [0.15, 0.2) is 0 Å². The van der Waals surface area contributed by atoms with Gasteiger partial charge in [0, 0.05) is 20.3 Å². The molecule has 0 aliphatic rings. The second-order valence-corrected chi connectivity index (χ2v) is 4.36. The fourth-order valence-corrected chi connectivity index (χ4v) is 1.81. The summed E-state index contributed by atoms with van der Waals surface area (Å²) in [6, 6.07) is 0.296. The van der Waals surface area contributed by atoms with Crippen LogP contribution in [0.15, 0.2) is 0 Å². The Morgan fingerprint density at radius 3 is 2.56 bits per heavy atom. The molecule has 1 rings (SSSR count). The molecule has 1 unspecified atom stereocenters. The SMILES string of the molecule is COCCC(C)n1nnc(CN)c1C(C)C. The summed E-state index contributed by atoms with van der Waals surface area (Å²) in [7, 11) is 1.71. The van der Waals surface area contributed by atoms with E-state index in [9.17, 15) is 0 Å². The molecule has 0 radical (unpaired) electrons. The summed E-state index contributed by atoms with van der Waals surface area (Å²) in [5.41, 5.74) is 7.71. The molecule has 5 heteroatoms. The summed E-state index contributed by atoms with van der Waals surface area (Å²) >= 11 is 0. The van der Waals surface area contributed by atoms with Crippen molar-refractivity contribution in [3.8, 4) is 0 Å². The average Bonchev–Trinajstić information content (AvgIpc) is 2.69. The Balaban J connectivity index is 2.90. The van der Waals surface area contributed by atoms with Crippen LogP contribution in [0.25, 0.3) is 0 Å². The maximum Gasteiger partial charge on any atom is 0.0997 e. The molecule has 2 N–H and O–H groups in total. The Hall–Kier alpha value is -0.940. The lowest BCUT2D eigenvalue weighted by molar-refractivity contribution is 0.177. The van der Waals surface area contributed by atoms with Gasteiger partial charge in [-0.05, 0) is 19.3 Å². The summed E-state index contributed by atoms with van der Waals surface area (Å²) in [5, 5.41) is 8.32. The summed E-state index contributed by atoms with van der Waals surface area (Å²) in [6.07, 6.45) is 0.934. The van der Waals surface area contributed by atoms with Gasteiger partial charge in [-0.3, -0.25) is 0 Å². The second-order valence-electron chi connectivity index (χ2n) is 4.36. The van der Waals surface area contributed by atoms with Gasteiger partial charge in [0.1, 0.15) is 0 Å². The Kier molecular flexibility index (Phi) is 4.89. The summed E-state index contributed by atoms with van der Waals surface area (Å²) in [4.78, 5) is 0. The molecule has 1 atom stereocenters. The zero-order valence-electron chi connectivity index (χ0n) is 10.6. The monoisotopic (exact) mass is 226 g/mol. The lowest BCUT2D eigenvalue weighted by atomic mass is 10.1. The smallest absolute Gasteiger partial charge is 0.0997 e. The molecule has 0 fully saturated rings. The first-order valence-corrected chi connectivity index (χ1v) is 5.74. The number of nitrogens with two attached hydrogens (primary N) is 1. The number of hydrogen-bond acceptors (Lipinski definition) is 4. The summed E-state index contributed by atoms with van der Waals surface area (Å²) < 4.78 is 7.06. The summed E-state index contributed by atoms with van der Waals surface area (Å²) in [6.45, 7) is 7.58. The van der Waals surface area contributed by atoms with E-state index >= 15 is 0 Å². The molecular formula is C11H22N4O. The number of methoxy groups -OCH3 is 1. The molecule has 1 aromatic heterocycles. The van der Waals surface area contributed by atoms with E-state index in [4.69, 9.17) is 10.5 Å². The van der Waals surface area contributed by atoms with Crippen molar-refractivity contribution in [3.05, 3.63) is 11.4 Å². The molecule has 0 aromatic carbocycles. The highest BCUT2D eigenvalue weighted by atomic mass is 16.5. The standard InChI is InChI=1S/C11H22N4O/c1-8(2)11-10(7-12)13-14-15(11)9(3)5-6-16-4/h8-9H,5-7,12H2,1-4H3. The highest BCUT2D eigenvalue weighted by molar-refractivity contribution is 5.14. The predicted octanol–water partition coefficient (Wildman–Crippen LogP) is 1.46. The van der Waals surface area contributed by atoms with Gasteiger partial charge in [-0.15, -0.1) is 5.10 Å². The predicted molar refractivity (Wildman–Crippen MR) is 63.2 cm³/mol. The van der Waals surface area contributed by atoms with Gasteiger partial charge in [0.2, 0.25) is 0 Å². The van der Waals surface area contributed by atoms with Crippen molar-refractivity contribution in [2.75, 3.05) is 13.7 Å². The number of aromatic nitrogens is 3. The minimum atomic E-state index is 0.296. The van der Waals surface area contributed by atoms with Crippen LogP contribution in [0.5, 0.6) is 0 Å². The van der Waals surface area contributed by atoms with Gasteiger partial charge < -0.3 is 10.5 Å². The number of nitrogens with zero attached hydrogens (tertiary/aromatic N) is 3. The summed E-state index contributed by atoms with van der Waals surface area (Å²) in [5.74, 6) is 0.388. The lowest BCUT2D eigenvalue weighted by Gasteiger charge is -2.16. The zero-order valence-corrected chi connectivity index (χ0v) is 10.6. The Morgan fingerprint density at radius 1 is 1.38 bits per heavy atom. The number of ether oxygens (including phenoxy) is 1. The van der Waals surface area contributed by atoms with E-state index in [2.05, 4.69) is 31.1 Å². The van der Waals surface area contributed by atoms with Gasteiger partial charge >= 0.3 is 0 Å². The van der Waals surface area contributed by atoms with Crippen LogP contribution in [-0.4, -0.2) is 28.7 Å². The average molecular weight is 226 g/mol. The first kappa shape index (κ1) is 13.1. The fraction of sp³-hybridized carbons (Fsp3) is 0.818. The molecule has 0 spiro atoms.